The van der Waals surface area contributed by atoms with Crippen LogP contribution in [0.1, 0.15) is 75.1 Å². The first-order valence-electron chi connectivity index (χ1n) is 15.5. The second-order valence-electron chi connectivity index (χ2n) is 12.5. The first-order chi connectivity index (χ1) is 23.8. The Labute approximate surface area is 305 Å². The number of nitrogens with zero attached hydrogens (tertiary/aromatic N) is 5. The highest BCUT2D eigenvalue weighted by Crippen LogP contribution is 2.17. The molecule has 0 saturated heterocycles. The van der Waals surface area contributed by atoms with Gasteiger partial charge in [0, 0.05) is 54.4 Å². The van der Waals surface area contributed by atoms with Gasteiger partial charge >= 0.3 is 12.1 Å². The molecule has 0 aromatic carbocycles. The van der Waals surface area contributed by atoms with Crippen molar-refractivity contribution in [1.29, 1.82) is 5.26 Å². The number of rotatable bonds is 12. The molecule has 3 amide bonds. The molecule has 276 valence electrons. The second kappa shape index (κ2) is 20.7. The molecule has 0 aliphatic heterocycles. The number of fused-ring (bicyclic) bond motifs is 1. The third kappa shape index (κ3) is 17.5. The Morgan fingerprint density at radius 3 is 2.04 bits per heavy atom. The largest absolute Gasteiger partial charge is 0.460 e. The molecule has 0 fully saturated rings. The number of carbonyl (C=O) groups is 4. The summed E-state index contributed by atoms with van der Waals surface area (Å²) in [6.45, 7) is 12.1. The SMILES string of the molecule is CC(C)(C)OC(=O)CC/C=C/CNc1ncc(C(N)=O)cc1N.CC(C)(C)OC(=O)NC/C=C/Cn1c(N)nc2cc(C(N)=O)cnc21.N#CBr. The first kappa shape index (κ1) is 43.3. The monoisotopic (exact) mass is 771 g/mol. The molecule has 0 saturated carbocycles. The van der Waals surface area contributed by atoms with Crippen molar-refractivity contribution >= 4 is 68.4 Å². The number of pyridine rings is 2. The molecule has 3 heterocycles. The molecule has 0 atom stereocenters. The molecule has 3 aromatic heterocycles. The van der Waals surface area contributed by atoms with Crippen molar-refractivity contribution in [3.05, 3.63) is 60.0 Å². The number of imidazole rings is 1. The summed E-state index contributed by atoms with van der Waals surface area (Å²) in [4.78, 5) is 59.2. The van der Waals surface area contributed by atoms with E-state index in [0.29, 0.717) is 55.1 Å². The molecular formula is C33H46BrN11O6. The van der Waals surface area contributed by atoms with Crippen LogP contribution in [-0.4, -0.2) is 67.7 Å². The predicted octanol–water partition coefficient (Wildman–Crippen LogP) is 3.91. The van der Waals surface area contributed by atoms with Crippen molar-refractivity contribution in [1.82, 2.24) is 24.8 Å². The van der Waals surface area contributed by atoms with Crippen LogP contribution in [0.25, 0.3) is 11.2 Å². The van der Waals surface area contributed by atoms with Crippen molar-refractivity contribution in [2.24, 2.45) is 11.5 Å². The van der Waals surface area contributed by atoms with Gasteiger partial charge in [-0.1, -0.05) is 24.3 Å². The molecule has 18 heteroatoms. The standard InChI is InChI=1S/C16H22N6O3.C16H24N4O3.CBrN/c1-16(2,3)25-15(24)19-6-4-5-7-22-13-11(21-14(22)18)8-10(9-20-13)12(17)23;1-16(2,3)23-13(21)7-5-4-6-8-19-15-12(17)9-11(10-20-15)14(18)22;2-1-3/h4-5,8-9H,6-7H2,1-3H3,(H2,17,23)(H2,18,21)(H,19,24);4,6,9-10H,5,7-8,17H2,1-3H3,(H2,18,22)(H,19,20);/b5-4+;6-4+;. The number of halogens is 1. The number of carbonyl (C=O) groups excluding carboxylic acids is 4. The number of hydrogen-bond donors (Lipinski definition) is 6. The predicted molar refractivity (Wildman–Crippen MR) is 198 cm³/mol. The molecule has 51 heavy (non-hydrogen) atoms. The van der Waals surface area contributed by atoms with E-state index in [0.717, 1.165) is 0 Å². The van der Waals surface area contributed by atoms with Crippen molar-refractivity contribution in [2.75, 3.05) is 29.9 Å². The van der Waals surface area contributed by atoms with Gasteiger partial charge in [-0.05, 0) is 60.1 Å². The number of primary amides is 2. The molecule has 3 aromatic rings. The average molecular weight is 773 g/mol. The normalized spacial score (nSPS) is 11.1. The Bertz CT molecular complexity index is 1750. The number of nitrogens with two attached hydrogens (primary N) is 4. The number of ether oxygens (including phenoxy) is 2. The Morgan fingerprint density at radius 1 is 0.902 bits per heavy atom. The number of alkyl carbamates (subject to hydrolysis) is 1. The summed E-state index contributed by atoms with van der Waals surface area (Å²) < 4.78 is 12.0. The second-order valence-corrected chi connectivity index (χ2v) is 12.8. The maximum atomic E-state index is 11.5. The van der Waals surface area contributed by atoms with Crippen LogP contribution in [-0.2, 0) is 20.8 Å². The Kier molecular flexibility index (Phi) is 17.6. The van der Waals surface area contributed by atoms with E-state index >= 15 is 0 Å². The van der Waals surface area contributed by atoms with E-state index in [1.54, 1.807) is 42.5 Å². The zero-order chi connectivity index (χ0) is 38.8. The number of aromatic nitrogens is 4. The zero-order valence-electron chi connectivity index (χ0n) is 29.5. The Hall–Kier alpha value is -5.70. The van der Waals surface area contributed by atoms with Crippen LogP contribution in [0, 0.1) is 10.2 Å². The van der Waals surface area contributed by atoms with E-state index in [-0.39, 0.29) is 23.0 Å². The number of allylic oxidation sites excluding steroid dienone is 2. The molecule has 0 bridgehead atoms. The topological polar surface area (TPSA) is 282 Å². The number of hydrogen-bond acceptors (Lipinski definition) is 13. The zero-order valence-corrected chi connectivity index (χ0v) is 31.1. The molecule has 10 N–H and O–H groups in total. The summed E-state index contributed by atoms with van der Waals surface area (Å²) in [6.07, 6.45) is 10.5. The van der Waals surface area contributed by atoms with E-state index in [4.69, 9.17) is 37.7 Å². The lowest BCUT2D eigenvalue weighted by atomic mass is 10.2. The van der Waals surface area contributed by atoms with Crippen LogP contribution in [0.4, 0.5) is 22.2 Å². The van der Waals surface area contributed by atoms with Crippen LogP contribution in [0.15, 0.2) is 48.8 Å². The number of anilines is 3. The summed E-state index contributed by atoms with van der Waals surface area (Å²) in [5, 5.41) is 12.9. The molecule has 0 aliphatic carbocycles. The van der Waals surface area contributed by atoms with Crippen LogP contribution >= 0.6 is 15.9 Å². The maximum Gasteiger partial charge on any atom is 0.407 e. The lowest BCUT2D eigenvalue weighted by Crippen LogP contribution is -2.32. The van der Waals surface area contributed by atoms with Gasteiger partial charge in [0.05, 0.1) is 16.8 Å². The minimum absolute atomic E-state index is 0.219. The summed E-state index contributed by atoms with van der Waals surface area (Å²) in [6, 6.07) is 3.02. The van der Waals surface area contributed by atoms with E-state index in [1.165, 1.54) is 18.5 Å². The van der Waals surface area contributed by atoms with Gasteiger partial charge in [0.1, 0.15) is 27.5 Å². The van der Waals surface area contributed by atoms with Gasteiger partial charge < -0.3 is 43.0 Å². The first-order valence-corrected chi connectivity index (χ1v) is 16.3. The summed E-state index contributed by atoms with van der Waals surface area (Å²) in [7, 11) is 0. The highest BCUT2D eigenvalue weighted by Gasteiger charge is 2.16. The third-order valence-electron chi connectivity index (χ3n) is 5.81. The Balaban J connectivity index is 0.000000475. The minimum atomic E-state index is -0.573. The fourth-order valence-electron chi connectivity index (χ4n) is 3.78. The maximum absolute atomic E-state index is 11.5. The number of nitrogen functional groups attached to an aromatic ring is 2. The average Bonchev–Trinajstić information content (AvgIpc) is 3.32. The van der Waals surface area contributed by atoms with Gasteiger partial charge in [-0.2, -0.15) is 5.26 Å². The highest BCUT2D eigenvalue weighted by atomic mass is 79.9. The van der Waals surface area contributed by atoms with E-state index in [2.05, 4.69) is 41.5 Å². The quantitative estimate of drug-likeness (QED) is 0.113. The van der Waals surface area contributed by atoms with Gasteiger partial charge in [-0.25, -0.2) is 19.7 Å². The van der Waals surface area contributed by atoms with Crippen molar-refractivity contribution in [3.8, 4) is 4.98 Å². The number of amides is 3. The molecule has 17 nitrogen and oxygen atoms in total. The van der Waals surface area contributed by atoms with Gasteiger partial charge in [0.25, 0.3) is 0 Å². The minimum Gasteiger partial charge on any atom is -0.460 e. The summed E-state index contributed by atoms with van der Waals surface area (Å²) in [5.74, 6) is -0.614. The van der Waals surface area contributed by atoms with Gasteiger partial charge in [0.15, 0.2) is 5.65 Å². The molecule has 0 unspecified atom stereocenters. The summed E-state index contributed by atoms with van der Waals surface area (Å²) in [5.41, 5.74) is 23.0. The number of esters is 1. The van der Waals surface area contributed by atoms with Crippen LogP contribution in [0.5, 0.6) is 0 Å². The summed E-state index contributed by atoms with van der Waals surface area (Å²) >= 11 is 2.45. The van der Waals surface area contributed by atoms with Crippen molar-refractivity contribution < 1.29 is 28.7 Å². The van der Waals surface area contributed by atoms with Crippen LogP contribution < -0.4 is 33.6 Å². The van der Waals surface area contributed by atoms with Crippen molar-refractivity contribution in [3.63, 3.8) is 0 Å². The van der Waals surface area contributed by atoms with E-state index in [1.807, 2.05) is 39.0 Å². The molecule has 0 aliphatic rings. The van der Waals surface area contributed by atoms with Gasteiger partial charge in [-0.3, -0.25) is 19.0 Å². The smallest absolute Gasteiger partial charge is 0.407 e. The number of nitriles is 1. The third-order valence-corrected chi connectivity index (χ3v) is 5.81. The molecular weight excluding hydrogens is 726 g/mol. The molecule has 0 spiro atoms. The van der Waals surface area contributed by atoms with Gasteiger partial charge in [0.2, 0.25) is 17.8 Å². The Morgan fingerprint density at radius 2 is 1.47 bits per heavy atom. The van der Waals surface area contributed by atoms with Crippen LogP contribution in [0.2, 0.25) is 0 Å². The van der Waals surface area contributed by atoms with Gasteiger partial charge in [-0.15, -0.1) is 0 Å². The molecule has 3 rings (SSSR count). The lowest BCUT2D eigenvalue weighted by Gasteiger charge is -2.19. The lowest BCUT2D eigenvalue weighted by molar-refractivity contribution is -0.154. The van der Waals surface area contributed by atoms with Crippen molar-refractivity contribution in [2.45, 2.75) is 72.1 Å². The van der Waals surface area contributed by atoms with E-state index < -0.39 is 29.1 Å². The van der Waals surface area contributed by atoms with E-state index in [9.17, 15) is 19.2 Å². The van der Waals surface area contributed by atoms with Crippen LogP contribution in [0.3, 0.4) is 0 Å². The molecule has 0 radical (unpaired) electrons. The highest BCUT2D eigenvalue weighted by molar-refractivity contribution is 9.12. The fourth-order valence-corrected chi connectivity index (χ4v) is 3.78. The fraction of sp³-hybridized carbons (Fsp3) is 0.394. The number of nitrogens with one attached hydrogen (secondary N) is 2.